The summed E-state index contributed by atoms with van der Waals surface area (Å²) in [6.45, 7) is 5.81. The highest BCUT2D eigenvalue weighted by Crippen LogP contribution is 2.30. The molecule has 0 unspecified atom stereocenters. The van der Waals surface area contributed by atoms with Crippen molar-refractivity contribution in [3.05, 3.63) is 40.4 Å². The third kappa shape index (κ3) is 3.52. The molecule has 2 aliphatic heterocycles. The summed E-state index contributed by atoms with van der Waals surface area (Å²) in [6.07, 6.45) is 2.24. The molecule has 0 spiro atoms. The number of methoxy groups -OCH3 is 1. The summed E-state index contributed by atoms with van der Waals surface area (Å²) >= 11 is 6.15. The van der Waals surface area contributed by atoms with Crippen molar-refractivity contribution < 1.29 is 4.74 Å². The van der Waals surface area contributed by atoms with Gasteiger partial charge in [-0.1, -0.05) is 11.6 Å². The molecule has 25 heavy (non-hydrogen) atoms. The van der Waals surface area contributed by atoms with Crippen LogP contribution in [-0.2, 0) is 19.6 Å². The third-order valence-corrected chi connectivity index (χ3v) is 5.48. The normalized spacial score (nSPS) is 19.0. The van der Waals surface area contributed by atoms with Crippen LogP contribution < -0.4 is 10.1 Å². The van der Waals surface area contributed by atoms with Crippen LogP contribution in [0.25, 0.3) is 0 Å². The van der Waals surface area contributed by atoms with E-state index in [-0.39, 0.29) is 0 Å². The van der Waals surface area contributed by atoms with Gasteiger partial charge in [0.05, 0.1) is 13.7 Å². The van der Waals surface area contributed by atoms with Crippen LogP contribution in [0.2, 0.25) is 5.02 Å². The highest BCUT2D eigenvalue weighted by Gasteiger charge is 2.27. The number of ether oxygens (including phenoxy) is 1. The highest BCUT2D eigenvalue weighted by atomic mass is 35.5. The molecule has 2 aliphatic rings. The van der Waals surface area contributed by atoms with Gasteiger partial charge in [0.1, 0.15) is 17.4 Å². The Kier molecular flexibility index (Phi) is 4.92. The van der Waals surface area contributed by atoms with Crippen molar-refractivity contribution in [1.29, 1.82) is 0 Å². The summed E-state index contributed by atoms with van der Waals surface area (Å²) in [4.78, 5) is 2.47. The van der Waals surface area contributed by atoms with E-state index in [2.05, 4.69) is 25.0 Å². The summed E-state index contributed by atoms with van der Waals surface area (Å²) in [7, 11) is 1.71. The topological polar surface area (TPSA) is 55.2 Å². The van der Waals surface area contributed by atoms with Gasteiger partial charge in [-0.15, -0.1) is 10.2 Å². The van der Waals surface area contributed by atoms with Crippen molar-refractivity contribution in [2.75, 3.05) is 26.7 Å². The molecule has 0 bridgehead atoms. The van der Waals surface area contributed by atoms with E-state index in [0.717, 1.165) is 74.3 Å². The molecule has 2 aromatic rings. The standard InChI is InChI=1S/C18H24ClN5O/c1-25-16-3-2-15(19)10-14(16)12-23-7-4-13(5-8-23)18-22-21-17-11-20-6-9-24(17)18/h2-3,10,13,20H,4-9,11-12H2,1H3. The van der Waals surface area contributed by atoms with Gasteiger partial charge < -0.3 is 14.6 Å². The zero-order valence-corrected chi connectivity index (χ0v) is 15.3. The van der Waals surface area contributed by atoms with Gasteiger partial charge in [-0.05, 0) is 44.1 Å². The van der Waals surface area contributed by atoms with Crippen molar-refractivity contribution in [2.45, 2.75) is 38.4 Å². The van der Waals surface area contributed by atoms with E-state index in [4.69, 9.17) is 16.3 Å². The quantitative estimate of drug-likeness (QED) is 0.906. The van der Waals surface area contributed by atoms with E-state index in [1.807, 2.05) is 18.2 Å². The number of benzene rings is 1. The summed E-state index contributed by atoms with van der Waals surface area (Å²) in [6, 6.07) is 5.83. The predicted molar refractivity (Wildman–Crippen MR) is 97.0 cm³/mol. The summed E-state index contributed by atoms with van der Waals surface area (Å²) < 4.78 is 7.79. The van der Waals surface area contributed by atoms with Gasteiger partial charge in [0.2, 0.25) is 0 Å². The first-order chi connectivity index (χ1) is 12.2. The molecule has 1 aromatic carbocycles. The highest BCUT2D eigenvalue weighted by molar-refractivity contribution is 6.30. The van der Waals surface area contributed by atoms with Crippen LogP contribution in [0.4, 0.5) is 0 Å². The maximum absolute atomic E-state index is 6.15. The number of piperidine rings is 1. The van der Waals surface area contributed by atoms with Crippen molar-refractivity contribution in [1.82, 2.24) is 25.0 Å². The second-order valence-corrected chi connectivity index (χ2v) is 7.25. The Balaban J connectivity index is 1.40. The van der Waals surface area contributed by atoms with Crippen LogP contribution >= 0.6 is 11.6 Å². The van der Waals surface area contributed by atoms with E-state index < -0.39 is 0 Å². The molecular formula is C18H24ClN5O. The molecule has 7 heteroatoms. The largest absolute Gasteiger partial charge is 0.496 e. The van der Waals surface area contributed by atoms with Crippen molar-refractivity contribution in [3.63, 3.8) is 0 Å². The van der Waals surface area contributed by atoms with E-state index in [1.165, 1.54) is 5.82 Å². The molecular weight excluding hydrogens is 338 g/mol. The Morgan fingerprint density at radius 3 is 2.88 bits per heavy atom. The van der Waals surface area contributed by atoms with Gasteiger partial charge >= 0.3 is 0 Å². The number of rotatable bonds is 4. The van der Waals surface area contributed by atoms with Crippen LogP contribution in [0.5, 0.6) is 5.75 Å². The molecule has 1 aromatic heterocycles. The van der Waals surface area contributed by atoms with Gasteiger partial charge in [0.25, 0.3) is 0 Å². The Labute approximate surface area is 153 Å². The molecule has 3 heterocycles. The molecule has 1 N–H and O–H groups in total. The van der Waals surface area contributed by atoms with Crippen LogP contribution in [0.3, 0.4) is 0 Å². The maximum Gasteiger partial charge on any atom is 0.147 e. The second kappa shape index (κ2) is 7.32. The number of halogens is 1. The number of nitrogens with zero attached hydrogens (tertiary/aromatic N) is 4. The number of hydrogen-bond acceptors (Lipinski definition) is 5. The Morgan fingerprint density at radius 1 is 1.24 bits per heavy atom. The molecule has 0 atom stereocenters. The van der Waals surface area contributed by atoms with Crippen LogP contribution in [0.1, 0.15) is 36.0 Å². The van der Waals surface area contributed by atoms with Crippen LogP contribution in [0, 0.1) is 0 Å². The van der Waals surface area contributed by atoms with Crippen LogP contribution in [0.15, 0.2) is 18.2 Å². The van der Waals surface area contributed by atoms with Gasteiger partial charge in [0, 0.05) is 36.1 Å². The average Bonchev–Trinajstić information content (AvgIpc) is 3.07. The number of fused-ring (bicyclic) bond motifs is 1. The fraction of sp³-hybridized carbons (Fsp3) is 0.556. The van der Waals surface area contributed by atoms with Crippen molar-refractivity contribution in [2.24, 2.45) is 0 Å². The lowest BCUT2D eigenvalue weighted by Crippen LogP contribution is -2.34. The minimum atomic E-state index is 0.511. The first-order valence-corrected chi connectivity index (χ1v) is 9.30. The number of aromatic nitrogens is 3. The molecule has 0 saturated carbocycles. The van der Waals surface area contributed by atoms with E-state index >= 15 is 0 Å². The van der Waals surface area contributed by atoms with Gasteiger partial charge in [-0.3, -0.25) is 4.90 Å². The third-order valence-electron chi connectivity index (χ3n) is 5.24. The molecule has 0 radical (unpaired) electrons. The van der Waals surface area contributed by atoms with Gasteiger partial charge in [-0.25, -0.2) is 0 Å². The number of likely N-dealkylation sites (tertiary alicyclic amines) is 1. The monoisotopic (exact) mass is 361 g/mol. The van der Waals surface area contributed by atoms with E-state index in [9.17, 15) is 0 Å². The van der Waals surface area contributed by atoms with E-state index in [1.54, 1.807) is 7.11 Å². The lowest BCUT2D eigenvalue weighted by molar-refractivity contribution is 0.197. The fourth-order valence-corrected chi connectivity index (χ4v) is 4.07. The number of nitrogens with one attached hydrogen (secondary N) is 1. The molecule has 0 aliphatic carbocycles. The van der Waals surface area contributed by atoms with Gasteiger partial charge in [0.15, 0.2) is 0 Å². The molecule has 0 amide bonds. The first-order valence-electron chi connectivity index (χ1n) is 8.92. The SMILES string of the molecule is COc1ccc(Cl)cc1CN1CCC(c2nnc3n2CCNC3)CC1. The van der Waals surface area contributed by atoms with Crippen LogP contribution in [-0.4, -0.2) is 46.4 Å². The lowest BCUT2D eigenvalue weighted by Gasteiger charge is -2.32. The summed E-state index contributed by atoms with van der Waals surface area (Å²) in [5.74, 6) is 3.67. The zero-order valence-electron chi connectivity index (χ0n) is 14.5. The summed E-state index contributed by atoms with van der Waals surface area (Å²) in [5.41, 5.74) is 1.15. The molecule has 1 fully saturated rings. The summed E-state index contributed by atoms with van der Waals surface area (Å²) in [5, 5.41) is 13.0. The minimum Gasteiger partial charge on any atom is -0.496 e. The number of hydrogen-bond donors (Lipinski definition) is 1. The van der Waals surface area contributed by atoms with Crippen molar-refractivity contribution >= 4 is 11.6 Å². The van der Waals surface area contributed by atoms with Crippen molar-refractivity contribution in [3.8, 4) is 5.75 Å². The fourth-order valence-electron chi connectivity index (χ4n) is 3.88. The molecule has 1 saturated heterocycles. The predicted octanol–water partition coefficient (Wildman–Crippen LogP) is 2.42. The first kappa shape index (κ1) is 16.8. The lowest BCUT2D eigenvalue weighted by atomic mass is 9.95. The average molecular weight is 362 g/mol. The second-order valence-electron chi connectivity index (χ2n) is 6.81. The zero-order chi connectivity index (χ0) is 17.2. The van der Waals surface area contributed by atoms with E-state index in [0.29, 0.717) is 5.92 Å². The minimum absolute atomic E-state index is 0.511. The Morgan fingerprint density at radius 2 is 2.08 bits per heavy atom. The maximum atomic E-state index is 6.15. The van der Waals surface area contributed by atoms with Gasteiger partial charge in [-0.2, -0.15) is 0 Å². The molecule has 4 rings (SSSR count). The molecule has 6 nitrogen and oxygen atoms in total. The Hall–Kier alpha value is -1.63. The molecule has 134 valence electrons. The smallest absolute Gasteiger partial charge is 0.147 e. The Bertz CT molecular complexity index is 739.